The molecule has 1 amide bonds. The van der Waals surface area contributed by atoms with Crippen molar-refractivity contribution in [3.63, 3.8) is 0 Å². The Hall–Kier alpha value is -5.08. The molecule has 9 nitrogen and oxygen atoms in total. The number of carbonyl (C=O) groups excluding carboxylic acids is 1. The minimum absolute atomic E-state index is 0.00985. The summed E-state index contributed by atoms with van der Waals surface area (Å²) < 4.78 is 76.0. The molecule has 0 bridgehead atoms. The summed E-state index contributed by atoms with van der Waals surface area (Å²) in [6, 6.07) is 12.3. The summed E-state index contributed by atoms with van der Waals surface area (Å²) in [6.45, 7) is 4.16. The number of carbonyl (C=O) groups is 1. The number of alkyl halides is 3. The predicted molar refractivity (Wildman–Crippen MR) is 184 cm³/mol. The zero-order valence-electron chi connectivity index (χ0n) is 28.4. The van der Waals surface area contributed by atoms with Crippen LogP contribution in [0.1, 0.15) is 54.1 Å². The maximum absolute atomic E-state index is 15.4. The summed E-state index contributed by atoms with van der Waals surface area (Å²) >= 11 is 0. The standard InChI is InChI=1S/C38H35F5N6O3/c1-37(2,47-9-11-48(12-10-47)38(41,42)43)23-5-6-29(45-20-23)30-19-27-25(7-8-44-35(27)46-30)26-17-24(39)18-31(34(26)50)49-13-14-52-32-16-22(21-3-4-21)15-28(40)33(32)36(49)51/h5-8,15-21,50H,3-4,9-14H2,1-2H3,(H,44,46). The highest BCUT2D eigenvalue weighted by Crippen LogP contribution is 2.45. The molecule has 5 aromatic rings. The molecule has 14 heteroatoms. The van der Waals surface area contributed by atoms with Gasteiger partial charge >= 0.3 is 6.30 Å². The molecule has 2 N–H and O–H groups in total. The second-order valence-electron chi connectivity index (χ2n) is 14.0. The molecule has 8 rings (SSSR count). The minimum atomic E-state index is -4.35. The largest absolute Gasteiger partial charge is 0.505 e. The van der Waals surface area contributed by atoms with Crippen LogP contribution < -0.4 is 9.64 Å². The summed E-state index contributed by atoms with van der Waals surface area (Å²) in [5.41, 5.74) is 2.78. The van der Waals surface area contributed by atoms with Crippen molar-refractivity contribution in [3.8, 4) is 34.0 Å². The third-order valence-electron chi connectivity index (χ3n) is 10.5. The van der Waals surface area contributed by atoms with Crippen molar-refractivity contribution >= 4 is 22.6 Å². The lowest BCUT2D eigenvalue weighted by atomic mass is 9.92. The van der Waals surface area contributed by atoms with Crippen LogP contribution in [0.4, 0.5) is 27.6 Å². The first-order chi connectivity index (χ1) is 24.8. The summed E-state index contributed by atoms with van der Waals surface area (Å²) in [5.74, 6) is -2.18. The highest BCUT2D eigenvalue weighted by Gasteiger charge is 2.41. The van der Waals surface area contributed by atoms with E-state index in [0.29, 0.717) is 32.9 Å². The van der Waals surface area contributed by atoms with E-state index in [-0.39, 0.29) is 73.6 Å². The average molecular weight is 719 g/mol. The van der Waals surface area contributed by atoms with Gasteiger partial charge in [0, 0.05) is 61.1 Å². The molecule has 52 heavy (non-hydrogen) atoms. The van der Waals surface area contributed by atoms with Crippen molar-refractivity contribution < 1.29 is 36.6 Å². The molecule has 270 valence electrons. The number of fused-ring (bicyclic) bond motifs is 2. The molecule has 1 saturated carbocycles. The summed E-state index contributed by atoms with van der Waals surface area (Å²) in [4.78, 5) is 29.8. The number of hydrogen-bond donors (Lipinski definition) is 2. The van der Waals surface area contributed by atoms with Crippen LogP contribution in [-0.2, 0) is 5.54 Å². The van der Waals surface area contributed by atoms with Crippen LogP contribution in [0.15, 0.2) is 60.9 Å². The Morgan fingerprint density at radius 1 is 0.904 bits per heavy atom. The van der Waals surface area contributed by atoms with E-state index in [9.17, 15) is 23.1 Å². The van der Waals surface area contributed by atoms with Crippen molar-refractivity contribution in [2.45, 2.75) is 44.4 Å². The van der Waals surface area contributed by atoms with Crippen molar-refractivity contribution in [2.24, 2.45) is 0 Å². The highest BCUT2D eigenvalue weighted by molar-refractivity contribution is 6.10. The van der Waals surface area contributed by atoms with Gasteiger partial charge in [-0.05, 0) is 85.7 Å². The number of phenolic OH excluding ortho intramolecular Hbond substituents is 1. The number of phenols is 1. The van der Waals surface area contributed by atoms with Gasteiger partial charge in [-0.2, -0.15) is 13.2 Å². The molecule has 1 saturated heterocycles. The van der Waals surface area contributed by atoms with Crippen LogP contribution in [0, 0.1) is 11.6 Å². The van der Waals surface area contributed by atoms with Gasteiger partial charge < -0.3 is 19.7 Å². The zero-order valence-corrected chi connectivity index (χ0v) is 28.4. The Balaban J connectivity index is 1.09. The lowest BCUT2D eigenvalue weighted by molar-refractivity contribution is -0.254. The number of pyridine rings is 2. The normalized spacial score (nSPS) is 17.7. The summed E-state index contributed by atoms with van der Waals surface area (Å²) in [7, 11) is 0. The maximum atomic E-state index is 15.4. The van der Waals surface area contributed by atoms with E-state index in [1.54, 1.807) is 24.4 Å². The van der Waals surface area contributed by atoms with Gasteiger partial charge in [0.05, 0.1) is 23.6 Å². The smallest absolute Gasteiger partial charge is 0.460 e. The Morgan fingerprint density at radius 3 is 2.35 bits per heavy atom. The number of aromatic hydroxyl groups is 1. The number of ether oxygens (including phenoxy) is 1. The summed E-state index contributed by atoms with van der Waals surface area (Å²) in [6.07, 6.45) is 0.750. The van der Waals surface area contributed by atoms with Gasteiger partial charge in [-0.3, -0.25) is 14.7 Å². The number of anilines is 1. The second kappa shape index (κ2) is 12.6. The van der Waals surface area contributed by atoms with E-state index in [1.165, 1.54) is 18.3 Å². The number of aromatic amines is 1. The number of nitrogens with zero attached hydrogens (tertiary/aromatic N) is 5. The Morgan fingerprint density at radius 2 is 1.65 bits per heavy atom. The average Bonchev–Trinajstić information content (AvgIpc) is 3.90. The fraction of sp³-hybridized carbons (Fsp3) is 0.342. The molecule has 0 radical (unpaired) electrons. The molecule has 5 heterocycles. The van der Waals surface area contributed by atoms with Crippen molar-refractivity contribution in [3.05, 3.63) is 89.2 Å². The van der Waals surface area contributed by atoms with E-state index >= 15 is 8.78 Å². The van der Waals surface area contributed by atoms with Crippen LogP contribution in [0.3, 0.4) is 0 Å². The Bertz CT molecular complexity index is 2190. The van der Waals surface area contributed by atoms with E-state index in [1.807, 2.05) is 30.9 Å². The lowest BCUT2D eigenvalue weighted by Gasteiger charge is -2.44. The van der Waals surface area contributed by atoms with Crippen molar-refractivity contribution in [2.75, 3.05) is 44.2 Å². The van der Waals surface area contributed by atoms with Crippen LogP contribution in [-0.4, -0.2) is 81.4 Å². The van der Waals surface area contributed by atoms with Gasteiger partial charge in [0.25, 0.3) is 5.91 Å². The number of hydrogen-bond acceptors (Lipinski definition) is 7. The van der Waals surface area contributed by atoms with Crippen molar-refractivity contribution in [1.82, 2.24) is 24.8 Å². The van der Waals surface area contributed by atoms with Gasteiger partial charge in [-0.15, -0.1) is 0 Å². The monoisotopic (exact) mass is 718 g/mol. The van der Waals surface area contributed by atoms with E-state index < -0.39 is 29.4 Å². The number of amides is 1. The Labute approximate surface area is 295 Å². The zero-order chi connectivity index (χ0) is 36.5. The van der Waals surface area contributed by atoms with Crippen LogP contribution in [0.5, 0.6) is 11.5 Å². The molecule has 0 spiro atoms. The third-order valence-corrected chi connectivity index (χ3v) is 10.5. The summed E-state index contributed by atoms with van der Waals surface area (Å²) in [5, 5.41) is 12.2. The molecule has 3 aromatic heterocycles. The number of H-pyrrole nitrogens is 1. The van der Waals surface area contributed by atoms with E-state index in [4.69, 9.17) is 4.74 Å². The molecule has 0 unspecified atom stereocenters. The molecular formula is C38H35F5N6O3. The Kier molecular flexibility index (Phi) is 8.21. The highest BCUT2D eigenvalue weighted by atomic mass is 19.4. The van der Waals surface area contributed by atoms with Gasteiger partial charge in [0.1, 0.15) is 41.0 Å². The SMILES string of the molecule is CC(C)(c1ccc(-c2cc3c(-c4cc(F)cc(N5CCOc6cc(C7CC7)cc(F)c6C5=O)c4O)ccnc3[nH]2)nc1)N1CCN(C(F)(F)F)CC1. The number of rotatable bonds is 6. The first kappa shape index (κ1) is 34.0. The molecule has 2 aromatic carbocycles. The molecule has 2 fully saturated rings. The number of piperazine rings is 1. The quantitative estimate of drug-likeness (QED) is 0.138. The van der Waals surface area contributed by atoms with Gasteiger partial charge in [-0.25, -0.2) is 18.7 Å². The molecule has 0 atom stereocenters. The van der Waals surface area contributed by atoms with Crippen LogP contribution in [0.25, 0.3) is 33.5 Å². The molecule has 2 aliphatic heterocycles. The first-order valence-corrected chi connectivity index (χ1v) is 17.1. The lowest BCUT2D eigenvalue weighted by Crippen LogP contribution is -2.56. The number of aromatic nitrogens is 3. The molecular weight excluding hydrogens is 683 g/mol. The fourth-order valence-corrected chi connectivity index (χ4v) is 7.30. The second-order valence-corrected chi connectivity index (χ2v) is 14.0. The van der Waals surface area contributed by atoms with E-state index in [0.717, 1.165) is 34.9 Å². The molecule has 3 aliphatic rings. The van der Waals surface area contributed by atoms with Gasteiger partial charge in [0.15, 0.2) is 0 Å². The van der Waals surface area contributed by atoms with Gasteiger partial charge in [0.2, 0.25) is 0 Å². The fourth-order valence-electron chi connectivity index (χ4n) is 7.30. The predicted octanol–water partition coefficient (Wildman–Crippen LogP) is 7.56. The topological polar surface area (TPSA) is 97.8 Å². The minimum Gasteiger partial charge on any atom is -0.505 e. The van der Waals surface area contributed by atoms with Gasteiger partial charge in [-0.1, -0.05) is 6.07 Å². The maximum Gasteiger partial charge on any atom is 0.460 e. The van der Waals surface area contributed by atoms with Crippen molar-refractivity contribution in [1.29, 1.82) is 0 Å². The van der Waals surface area contributed by atoms with Crippen LogP contribution in [0.2, 0.25) is 0 Å². The number of nitrogens with one attached hydrogen (secondary N) is 1. The third kappa shape index (κ3) is 6.03. The van der Waals surface area contributed by atoms with Crippen LogP contribution >= 0.6 is 0 Å². The first-order valence-electron chi connectivity index (χ1n) is 17.1. The number of halogens is 5. The van der Waals surface area contributed by atoms with E-state index in [2.05, 4.69) is 15.0 Å². The number of benzene rings is 2. The molecule has 1 aliphatic carbocycles.